The Bertz CT molecular complexity index is 602. The van der Waals surface area contributed by atoms with Crippen LogP contribution in [0.25, 0.3) is 0 Å². The predicted molar refractivity (Wildman–Crippen MR) is 82.9 cm³/mol. The smallest absolute Gasteiger partial charge is 0.273 e. The SMILES string of the molecule is O=C(NC1CCN(C(=O)C2CCCC2)C1)c1cc(C2CC2)on1. The van der Waals surface area contributed by atoms with Crippen molar-refractivity contribution in [2.24, 2.45) is 5.92 Å². The molecule has 4 rings (SSSR count). The van der Waals surface area contributed by atoms with Crippen LogP contribution in [0.2, 0.25) is 0 Å². The van der Waals surface area contributed by atoms with Gasteiger partial charge in [-0.2, -0.15) is 0 Å². The molecular formula is C17H23N3O3. The summed E-state index contributed by atoms with van der Waals surface area (Å²) in [6, 6.07) is 1.78. The van der Waals surface area contributed by atoms with Gasteiger partial charge in [-0.25, -0.2) is 0 Å². The molecule has 2 heterocycles. The van der Waals surface area contributed by atoms with Crippen LogP contribution in [0, 0.1) is 5.92 Å². The molecule has 0 spiro atoms. The fourth-order valence-corrected chi connectivity index (χ4v) is 3.73. The second-order valence-corrected chi connectivity index (χ2v) is 7.11. The number of nitrogens with one attached hydrogen (secondary N) is 1. The molecule has 1 N–H and O–H groups in total. The van der Waals surface area contributed by atoms with Crippen molar-refractivity contribution in [3.8, 4) is 0 Å². The molecule has 124 valence electrons. The van der Waals surface area contributed by atoms with Crippen LogP contribution >= 0.6 is 0 Å². The summed E-state index contributed by atoms with van der Waals surface area (Å²) >= 11 is 0. The maximum Gasteiger partial charge on any atom is 0.273 e. The molecule has 1 aromatic rings. The first-order valence-corrected chi connectivity index (χ1v) is 8.77. The zero-order valence-electron chi connectivity index (χ0n) is 13.3. The van der Waals surface area contributed by atoms with Gasteiger partial charge in [0.2, 0.25) is 5.91 Å². The highest BCUT2D eigenvalue weighted by atomic mass is 16.5. The lowest BCUT2D eigenvalue weighted by Crippen LogP contribution is -2.40. The van der Waals surface area contributed by atoms with Gasteiger partial charge in [0.05, 0.1) is 0 Å². The van der Waals surface area contributed by atoms with E-state index < -0.39 is 0 Å². The van der Waals surface area contributed by atoms with Crippen LogP contribution in [-0.2, 0) is 4.79 Å². The monoisotopic (exact) mass is 317 g/mol. The van der Waals surface area contributed by atoms with E-state index in [-0.39, 0.29) is 23.8 Å². The van der Waals surface area contributed by atoms with Crippen molar-refractivity contribution in [2.45, 2.75) is 56.9 Å². The maximum atomic E-state index is 12.4. The molecule has 1 unspecified atom stereocenters. The third-order valence-corrected chi connectivity index (χ3v) is 5.28. The molecule has 0 bridgehead atoms. The molecule has 3 aliphatic rings. The molecule has 0 radical (unpaired) electrons. The normalized spacial score (nSPS) is 25.0. The number of carbonyl (C=O) groups is 2. The molecule has 2 aliphatic carbocycles. The molecule has 6 nitrogen and oxygen atoms in total. The lowest BCUT2D eigenvalue weighted by atomic mass is 10.1. The highest BCUT2D eigenvalue weighted by molar-refractivity contribution is 5.92. The van der Waals surface area contributed by atoms with Gasteiger partial charge in [0, 0.05) is 37.0 Å². The Morgan fingerprint density at radius 2 is 1.96 bits per heavy atom. The average Bonchev–Trinajstić information content (AvgIpc) is 3.04. The second kappa shape index (κ2) is 5.98. The molecule has 2 amide bonds. The summed E-state index contributed by atoms with van der Waals surface area (Å²) in [6.45, 7) is 1.36. The van der Waals surface area contributed by atoms with E-state index in [1.807, 2.05) is 4.90 Å². The number of aromatic nitrogens is 1. The molecule has 23 heavy (non-hydrogen) atoms. The van der Waals surface area contributed by atoms with Crippen LogP contribution in [0.1, 0.15) is 67.1 Å². The van der Waals surface area contributed by atoms with Gasteiger partial charge in [-0.1, -0.05) is 18.0 Å². The summed E-state index contributed by atoms with van der Waals surface area (Å²) in [5.74, 6) is 1.56. The van der Waals surface area contributed by atoms with E-state index in [1.54, 1.807) is 6.07 Å². The standard InChI is InChI=1S/C17H23N3O3/c21-16(14-9-15(23-19-14)11-5-6-11)18-13-7-8-20(10-13)17(22)12-3-1-2-4-12/h9,11-13H,1-8,10H2,(H,18,21). The van der Waals surface area contributed by atoms with Crippen molar-refractivity contribution in [3.63, 3.8) is 0 Å². The van der Waals surface area contributed by atoms with Crippen LogP contribution in [0.5, 0.6) is 0 Å². The van der Waals surface area contributed by atoms with E-state index in [0.717, 1.165) is 44.4 Å². The molecular weight excluding hydrogens is 294 g/mol. The largest absolute Gasteiger partial charge is 0.360 e. The first-order valence-electron chi connectivity index (χ1n) is 8.77. The summed E-state index contributed by atoms with van der Waals surface area (Å²) in [4.78, 5) is 26.6. The summed E-state index contributed by atoms with van der Waals surface area (Å²) in [7, 11) is 0. The Kier molecular flexibility index (Phi) is 3.83. The van der Waals surface area contributed by atoms with Crippen LogP contribution in [0.4, 0.5) is 0 Å². The molecule has 1 aromatic heterocycles. The Hall–Kier alpha value is -1.85. The Labute approximate surface area is 135 Å². The van der Waals surface area contributed by atoms with Crippen molar-refractivity contribution in [1.82, 2.24) is 15.4 Å². The molecule has 2 saturated carbocycles. The van der Waals surface area contributed by atoms with E-state index in [4.69, 9.17) is 4.52 Å². The number of carbonyl (C=O) groups excluding carboxylic acids is 2. The van der Waals surface area contributed by atoms with Crippen molar-refractivity contribution >= 4 is 11.8 Å². The summed E-state index contributed by atoms with van der Waals surface area (Å²) in [6.07, 6.45) is 7.44. The van der Waals surface area contributed by atoms with Gasteiger partial charge in [0.25, 0.3) is 5.91 Å². The van der Waals surface area contributed by atoms with Crippen molar-refractivity contribution in [2.75, 3.05) is 13.1 Å². The molecule has 1 atom stereocenters. The lowest BCUT2D eigenvalue weighted by molar-refractivity contribution is -0.134. The average molecular weight is 317 g/mol. The second-order valence-electron chi connectivity index (χ2n) is 7.11. The van der Waals surface area contributed by atoms with E-state index >= 15 is 0 Å². The first-order chi connectivity index (χ1) is 11.2. The topological polar surface area (TPSA) is 75.4 Å². The van der Waals surface area contributed by atoms with Gasteiger partial charge < -0.3 is 14.7 Å². The van der Waals surface area contributed by atoms with Crippen LogP contribution in [0.3, 0.4) is 0 Å². The summed E-state index contributed by atoms with van der Waals surface area (Å²) in [5.41, 5.74) is 0.354. The number of hydrogen-bond donors (Lipinski definition) is 1. The van der Waals surface area contributed by atoms with Gasteiger partial charge in [-0.3, -0.25) is 9.59 Å². The van der Waals surface area contributed by atoms with Crippen molar-refractivity contribution in [1.29, 1.82) is 0 Å². The van der Waals surface area contributed by atoms with Gasteiger partial charge in [-0.05, 0) is 32.1 Å². The molecule has 3 fully saturated rings. The quantitative estimate of drug-likeness (QED) is 0.922. The highest BCUT2D eigenvalue weighted by Gasteiger charge is 2.33. The number of amides is 2. The number of hydrogen-bond acceptors (Lipinski definition) is 4. The number of likely N-dealkylation sites (tertiary alicyclic amines) is 1. The van der Waals surface area contributed by atoms with Crippen LogP contribution in [0.15, 0.2) is 10.6 Å². The molecule has 1 saturated heterocycles. The predicted octanol–water partition coefficient (Wildman–Crippen LogP) is 2.07. The third kappa shape index (κ3) is 3.12. The zero-order chi connectivity index (χ0) is 15.8. The van der Waals surface area contributed by atoms with E-state index in [1.165, 1.54) is 12.8 Å². The zero-order valence-corrected chi connectivity index (χ0v) is 13.3. The lowest BCUT2D eigenvalue weighted by Gasteiger charge is -2.20. The van der Waals surface area contributed by atoms with Crippen LogP contribution < -0.4 is 5.32 Å². The van der Waals surface area contributed by atoms with Crippen molar-refractivity contribution in [3.05, 3.63) is 17.5 Å². The third-order valence-electron chi connectivity index (χ3n) is 5.28. The molecule has 0 aromatic carbocycles. The Balaban J connectivity index is 1.30. The van der Waals surface area contributed by atoms with Crippen LogP contribution in [-0.4, -0.2) is 41.0 Å². The minimum atomic E-state index is -0.194. The fraction of sp³-hybridized carbons (Fsp3) is 0.706. The summed E-state index contributed by atoms with van der Waals surface area (Å²) < 4.78 is 5.23. The van der Waals surface area contributed by atoms with Gasteiger partial charge >= 0.3 is 0 Å². The van der Waals surface area contributed by atoms with E-state index in [0.29, 0.717) is 18.2 Å². The molecule has 6 heteroatoms. The Morgan fingerprint density at radius 1 is 1.17 bits per heavy atom. The Morgan fingerprint density at radius 3 is 2.70 bits per heavy atom. The van der Waals surface area contributed by atoms with Gasteiger partial charge in [0.15, 0.2) is 5.69 Å². The van der Waals surface area contributed by atoms with E-state index in [2.05, 4.69) is 10.5 Å². The molecule has 1 aliphatic heterocycles. The van der Waals surface area contributed by atoms with Gasteiger partial charge in [-0.15, -0.1) is 0 Å². The fourth-order valence-electron chi connectivity index (χ4n) is 3.73. The maximum absolute atomic E-state index is 12.4. The number of nitrogens with zero attached hydrogens (tertiary/aromatic N) is 2. The highest BCUT2D eigenvalue weighted by Crippen LogP contribution is 2.40. The van der Waals surface area contributed by atoms with Crippen molar-refractivity contribution < 1.29 is 14.1 Å². The van der Waals surface area contributed by atoms with Gasteiger partial charge in [0.1, 0.15) is 5.76 Å². The summed E-state index contributed by atoms with van der Waals surface area (Å²) in [5, 5.41) is 6.86. The number of rotatable bonds is 4. The minimum absolute atomic E-state index is 0.0222. The first kappa shape index (κ1) is 14.7. The van der Waals surface area contributed by atoms with E-state index in [9.17, 15) is 9.59 Å². The minimum Gasteiger partial charge on any atom is -0.360 e.